The van der Waals surface area contributed by atoms with E-state index in [0.717, 1.165) is 11.6 Å². The van der Waals surface area contributed by atoms with Crippen molar-refractivity contribution in [3.63, 3.8) is 0 Å². The van der Waals surface area contributed by atoms with Crippen molar-refractivity contribution >= 4 is 17.6 Å². The molecule has 0 aliphatic heterocycles. The summed E-state index contributed by atoms with van der Waals surface area (Å²) >= 11 is 0. The molecule has 0 atom stereocenters. The van der Waals surface area contributed by atoms with Gasteiger partial charge in [0.2, 0.25) is 5.91 Å². The van der Waals surface area contributed by atoms with Gasteiger partial charge in [-0.2, -0.15) is 0 Å². The SMILES string of the molecule is O=C(CCc1ccc(-c2ccc(O)cc2F)cc1)Nc1ccccc1C(=O)O. The zero-order chi connectivity index (χ0) is 20.1. The fraction of sp³-hybridized carbons (Fsp3) is 0.0909. The summed E-state index contributed by atoms with van der Waals surface area (Å²) in [5, 5.41) is 21.1. The highest BCUT2D eigenvalue weighted by atomic mass is 19.1. The Morgan fingerprint density at radius 1 is 0.964 bits per heavy atom. The number of carbonyl (C=O) groups excluding carboxylic acids is 1. The lowest BCUT2D eigenvalue weighted by atomic mass is 10.0. The van der Waals surface area contributed by atoms with E-state index in [0.29, 0.717) is 17.5 Å². The number of anilines is 1. The van der Waals surface area contributed by atoms with Crippen LogP contribution in [-0.4, -0.2) is 22.1 Å². The van der Waals surface area contributed by atoms with Gasteiger partial charge in [0.05, 0.1) is 11.3 Å². The standard InChI is InChI=1S/C22H18FNO4/c23-19-13-16(25)10-11-17(19)15-8-5-14(6-9-15)7-12-21(26)24-20-4-2-1-3-18(20)22(27)28/h1-6,8-11,13,25H,7,12H2,(H,24,26)(H,27,28). The van der Waals surface area contributed by atoms with Gasteiger partial charge in [-0.3, -0.25) is 4.79 Å². The van der Waals surface area contributed by atoms with E-state index in [9.17, 15) is 19.1 Å². The number of phenolic OH excluding ortho intramolecular Hbond substituents is 1. The predicted molar refractivity (Wildman–Crippen MR) is 104 cm³/mol. The minimum atomic E-state index is -1.10. The van der Waals surface area contributed by atoms with E-state index in [1.165, 1.54) is 18.2 Å². The molecule has 3 aromatic rings. The Balaban J connectivity index is 1.62. The third-order valence-electron chi connectivity index (χ3n) is 4.29. The Kier molecular flexibility index (Phi) is 5.69. The van der Waals surface area contributed by atoms with E-state index in [1.54, 1.807) is 42.5 Å². The number of aromatic carboxylic acids is 1. The smallest absolute Gasteiger partial charge is 0.337 e. The van der Waals surface area contributed by atoms with Crippen LogP contribution < -0.4 is 5.32 Å². The molecule has 0 saturated carbocycles. The number of carboxylic acid groups (broad SMARTS) is 1. The summed E-state index contributed by atoms with van der Waals surface area (Å²) in [6.07, 6.45) is 0.639. The second-order valence-corrected chi connectivity index (χ2v) is 6.26. The van der Waals surface area contributed by atoms with Crippen LogP contribution in [0.5, 0.6) is 5.75 Å². The number of rotatable bonds is 6. The molecule has 28 heavy (non-hydrogen) atoms. The van der Waals surface area contributed by atoms with Crippen LogP contribution in [0.2, 0.25) is 0 Å². The number of benzene rings is 3. The van der Waals surface area contributed by atoms with E-state index in [2.05, 4.69) is 5.32 Å². The monoisotopic (exact) mass is 379 g/mol. The van der Waals surface area contributed by atoms with E-state index in [-0.39, 0.29) is 29.3 Å². The fourth-order valence-electron chi connectivity index (χ4n) is 2.84. The molecule has 0 fully saturated rings. The highest BCUT2D eigenvalue weighted by Gasteiger charge is 2.12. The van der Waals surface area contributed by atoms with Crippen LogP contribution in [-0.2, 0) is 11.2 Å². The molecule has 3 N–H and O–H groups in total. The van der Waals surface area contributed by atoms with Crippen LogP contribution in [0.4, 0.5) is 10.1 Å². The van der Waals surface area contributed by atoms with Crippen molar-refractivity contribution in [1.82, 2.24) is 0 Å². The third kappa shape index (κ3) is 4.54. The lowest BCUT2D eigenvalue weighted by molar-refractivity contribution is -0.116. The molecule has 0 aliphatic rings. The van der Waals surface area contributed by atoms with Gasteiger partial charge in [0.15, 0.2) is 0 Å². The summed E-state index contributed by atoms with van der Waals surface area (Å²) in [5.74, 6) is -2.03. The molecule has 0 radical (unpaired) electrons. The Morgan fingerprint density at radius 3 is 2.36 bits per heavy atom. The van der Waals surface area contributed by atoms with Gasteiger partial charge in [0, 0.05) is 18.1 Å². The Labute approximate surface area is 161 Å². The van der Waals surface area contributed by atoms with Gasteiger partial charge in [-0.1, -0.05) is 36.4 Å². The maximum Gasteiger partial charge on any atom is 0.337 e. The third-order valence-corrected chi connectivity index (χ3v) is 4.29. The van der Waals surface area contributed by atoms with Crippen LogP contribution in [0.3, 0.4) is 0 Å². The van der Waals surface area contributed by atoms with Gasteiger partial charge in [0.1, 0.15) is 11.6 Å². The van der Waals surface area contributed by atoms with Crippen molar-refractivity contribution in [1.29, 1.82) is 0 Å². The number of carbonyl (C=O) groups is 2. The quantitative estimate of drug-likeness (QED) is 0.590. The Morgan fingerprint density at radius 2 is 1.68 bits per heavy atom. The summed E-state index contributed by atoms with van der Waals surface area (Å²) < 4.78 is 13.9. The van der Waals surface area contributed by atoms with Crippen molar-refractivity contribution in [2.75, 3.05) is 5.32 Å². The zero-order valence-corrected chi connectivity index (χ0v) is 14.9. The lowest BCUT2D eigenvalue weighted by Crippen LogP contribution is -2.15. The second kappa shape index (κ2) is 8.35. The molecule has 3 rings (SSSR count). The van der Waals surface area contributed by atoms with Gasteiger partial charge >= 0.3 is 5.97 Å². The lowest BCUT2D eigenvalue weighted by Gasteiger charge is -2.09. The number of carboxylic acids is 1. The number of aromatic hydroxyl groups is 1. The minimum absolute atomic E-state index is 0.0381. The van der Waals surface area contributed by atoms with E-state index in [1.807, 2.05) is 0 Å². The first-order chi connectivity index (χ1) is 13.4. The van der Waals surface area contributed by atoms with E-state index < -0.39 is 11.8 Å². The molecule has 0 aliphatic carbocycles. The number of phenols is 1. The maximum atomic E-state index is 13.9. The van der Waals surface area contributed by atoms with Crippen LogP contribution in [0.15, 0.2) is 66.7 Å². The number of amides is 1. The molecule has 0 unspecified atom stereocenters. The van der Waals surface area contributed by atoms with Crippen molar-refractivity contribution < 1.29 is 24.2 Å². The van der Waals surface area contributed by atoms with E-state index >= 15 is 0 Å². The second-order valence-electron chi connectivity index (χ2n) is 6.26. The molecule has 0 saturated heterocycles. The topological polar surface area (TPSA) is 86.6 Å². The molecule has 6 heteroatoms. The normalized spacial score (nSPS) is 10.5. The first-order valence-corrected chi connectivity index (χ1v) is 8.64. The van der Waals surface area contributed by atoms with Crippen LogP contribution >= 0.6 is 0 Å². The Hall–Kier alpha value is -3.67. The van der Waals surface area contributed by atoms with Gasteiger partial charge in [-0.05, 0) is 41.8 Å². The number of aryl methyl sites for hydroxylation is 1. The average molecular weight is 379 g/mol. The molecular weight excluding hydrogens is 361 g/mol. The average Bonchev–Trinajstić information content (AvgIpc) is 2.67. The first-order valence-electron chi connectivity index (χ1n) is 8.64. The zero-order valence-electron chi connectivity index (χ0n) is 14.9. The van der Waals surface area contributed by atoms with Gasteiger partial charge < -0.3 is 15.5 Å². The molecule has 1 amide bonds. The summed E-state index contributed by atoms with van der Waals surface area (Å²) in [6, 6.07) is 17.3. The molecule has 142 valence electrons. The molecular formula is C22H18FNO4. The highest BCUT2D eigenvalue weighted by molar-refractivity contribution is 6.00. The molecule has 0 spiro atoms. The summed E-state index contributed by atoms with van der Waals surface area (Å²) in [4.78, 5) is 23.3. The number of nitrogens with one attached hydrogen (secondary N) is 1. The Bertz CT molecular complexity index is 1020. The molecule has 0 heterocycles. The van der Waals surface area contributed by atoms with E-state index in [4.69, 9.17) is 5.11 Å². The molecule has 3 aromatic carbocycles. The van der Waals surface area contributed by atoms with Gasteiger partial charge in [-0.25, -0.2) is 9.18 Å². The maximum absolute atomic E-state index is 13.9. The number of halogens is 1. The largest absolute Gasteiger partial charge is 0.508 e. The van der Waals surface area contributed by atoms with Crippen LogP contribution in [0.25, 0.3) is 11.1 Å². The van der Waals surface area contributed by atoms with Crippen molar-refractivity contribution in [2.45, 2.75) is 12.8 Å². The van der Waals surface area contributed by atoms with Crippen LogP contribution in [0.1, 0.15) is 22.3 Å². The number of hydrogen-bond acceptors (Lipinski definition) is 3. The minimum Gasteiger partial charge on any atom is -0.508 e. The molecule has 0 aromatic heterocycles. The highest BCUT2D eigenvalue weighted by Crippen LogP contribution is 2.26. The van der Waals surface area contributed by atoms with Crippen LogP contribution in [0, 0.1) is 5.82 Å². The predicted octanol–water partition coefficient (Wildman–Crippen LogP) is 4.47. The first kappa shape index (κ1) is 19.1. The molecule has 0 bridgehead atoms. The summed E-state index contributed by atoms with van der Waals surface area (Å²) in [7, 11) is 0. The van der Waals surface area contributed by atoms with Crippen molar-refractivity contribution in [2.24, 2.45) is 0 Å². The van der Waals surface area contributed by atoms with Gasteiger partial charge in [0.25, 0.3) is 0 Å². The summed E-state index contributed by atoms with van der Waals surface area (Å²) in [6.45, 7) is 0. The van der Waals surface area contributed by atoms with Gasteiger partial charge in [-0.15, -0.1) is 0 Å². The fourth-order valence-corrected chi connectivity index (χ4v) is 2.84. The molecule has 5 nitrogen and oxygen atoms in total. The number of hydrogen-bond donors (Lipinski definition) is 3. The van der Waals surface area contributed by atoms with Crippen molar-refractivity contribution in [3.05, 3.63) is 83.7 Å². The number of para-hydroxylation sites is 1. The van der Waals surface area contributed by atoms with Crippen molar-refractivity contribution in [3.8, 4) is 16.9 Å². The summed E-state index contributed by atoms with van der Waals surface area (Å²) in [5.41, 5.74) is 2.24.